The Labute approximate surface area is 126 Å². The molecule has 1 unspecified atom stereocenters. The topological polar surface area (TPSA) is 41.6 Å². The zero-order valence-corrected chi connectivity index (χ0v) is 12.5. The lowest BCUT2D eigenvalue weighted by molar-refractivity contribution is -0.133. The van der Waals surface area contributed by atoms with Gasteiger partial charge in [0.25, 0.3) is 0 Å². The molecule has 0 bridgehead atoms. The molecule has 2 fully saturated rings. The number of rotatable bonds is 4. The van der Waals surface area contributed by atoms with Crippen molar-refractivity contribution in [2.24, 2.45) is 5.92 Å². The highest BCUT2D eigenvalue weighted by Crippen LogP contribution is 2.20. The quantitative estimate of drug-likeness (QED) is 0.922. The molecule has 2 saturated heterocycles. The molecule has 2 aliphatic rings. The van der Waals surface area contributed by atoms with Crippen molar-refractivity contribution in [2.45, 2.75) is 31.8 Å². The minimum Gasteiger partial charge on any atom is -0.490 e. The number of piperidine rings is 1. The van der Waals surface area contributed by atoms with Gasteiger partial charge in [-0.1, -0.05) is 18.2 Å². The second kappa shape index (κ2) is 6.94. The minimum absolute atomic E-state index is 0.240. The van der Waals surface area contributed by atoms with Gasteiger partial charge < -0.3 is 15.0 Å². The highest BCUT2D eigenvalue weighted by molar-refractivity contribution is 5.76. The lowest BCUT2D eigenvalue weighted by Crippen LogP contribution is -2.42. The van der Waals surface area contributed by atoms with Crippen molar-refractivity contribution in [3.8, 4) is 5.75 Å². The van der Waals surface area contributed by atoms with Crippen molar-refractivity contribution in [1.29, 1.82) is 0 Å². The van der Waals surface area contributed by atoms with Crippen LogP contribution in [0.4, 0.5) is 0 Å². The summed E-state index contributed by atoms with van der Waals surface area (Å²) in [7, 11) is 0. The molecule has 1 N–H and O–H groups in total. The molecule has 0 radical (unpaired) electrons. The van der Waals surface area contributed by atoms with Gasteiger partial charge in [-0.05, 0) is 37.6 Å². The summed E-state index contributed by atoms with van der Waals surface area (Å²) >= 11 is 0. The van der Waals surface area contributed by atoms with Crippen molar-refractivity contribution < 1.29 is 9.53 Å². The van der Waals surface area contributed by atoms with Crippen molar-refractivity contribution >= 4 is 5.91 Å². The van der Waals surface area contributed by atoms with Gasteiger partial charge in [0.1, 0.15) is 11.9 Å². The molecule has 1 amide bonds. The van der Waals surface area contributed by atoms with Gasteiger partial charge >= 0.3 is 0 Å². The number of carbonyl (C=O) groups excluding carboxylic acids is 1. The maximum Gasteiger partial charge on any atom is 0.222 e. The standard InChI is InChI=1S/C17H24N2O2/c20-17(12-14-6-9-18-13-14)19-10-7-16(8-11-19)21-15-4-2-1-3-5-15/h1-5,14,16,18H,6-13H2. The van der Waals surface area contributed by atoms with Crippen molar-refractivity contribution in [1.82, 2.24) is 10.2 Å². The van der Waals surface area contributed by atoms with Crippen molar-refractivity contribution in [3.05, 3.63) is 30.3 Å². The molecule has 1 aromatic carbocycles. The van der Waals surface area contributed by atoms with E-state index in [1.165, 1.54) is 0 Å². The molecule has 21 heavy (non-hydrogen) atoms. The highest BCUT2D eigenvalue weighted by atomic mass is 16.5. The summed E-state index contributed by atoms with van der Waals surface area (Å²) in [6.07, 6.45) is 3.95. The average molecular weight is 288 g/mol. The summed E-state index contributed by atoms with van der Waals surface area (Å²) in [6, 6.07) is 9.95. The molecule has 2 aliphatic heterocycles. The SMILES string of the molecule is O=C(CC1CCNC1)N1CCC(Oc2ccccc2)CC1. The zero-order chi connectivity index (χ0) is 14.5. The van der Waals surface area contributed by atoms with Gasteiger partial charge in [0, 0.05) is 32.4 Å². The van der Waals surface area contributed by atoms with Gasteiger partial charge in [-0.15, -0.1) is 0 Å². The Morgan fingerprint density at radius 2 is 1.95 bits per heavy atom. The van der Waals surface area contributed by atoms with E-state index in [9.17, 15) is 4.79 Å². The molecule has 2 heterocycles. The number of hydrogen-bond donors (Lipinski definition) is 1. The molecule has 4 heteroatoms. The first-order chi connectivity index (χ1) is 10.3. The Hall–Kier alpha value is -1.55. The van der Waals surface area contributed by atoms with Crippen LogP contribution in [0.5, 0.6) is 5.75 Å². The summed E-state index contributed by atoms with van der Waals surface area (Å²) in [5, 5.41) is 3.32. The number of nitrogens with one attached hydrogen (secondary N) is 1. The van der Waals surface area contributed by atoms with Crippen molar-refractivity contribution in [2.75, 3.05) is 26.2 Å². The normalized spacial score (nSPS) is 23.2. The molecule has 0 aromatic heterocycles. The van der Waals surface area contributed by atoms with Crippen LogP contribution in [-0.4, -0.2) is 43.1 Å². The maximum absolute atomic E-state index is 12.3. The second-order valence-corrected chi connectivity index (χ2v) is 6.07. The van der Waals surface area contributed by atoms with Crippen LogP contribution in [-0.2, 0) is 4.79 Å². The first-order valence-corrected chi connectivity index (χ1v) is 8.01. The maximum atomic E-state index is 12.3. The van der Waals surface area contributed by atoms with Crippen LogP contribution in [0.2, 0.25) is 0 Å². The van der Waals surface area contributed by atoms with E-state index in [2.05, 4.69) is 5.32 Å². The third-order valence-corrected chi connectivity index (χ3v) is 4.47. The number of likely N-dealkylation sites (tertiary alicyclic amines) is 1. The lowest BCUT2D eigenvalue weighted by Gasteiger charge is -2.32. The summed E-state index contributed by atoms with van der Waals surface area (Å²) in [5.41, 5.74) is 0. The highest BCUT2D eigenvalue weighted by Gasteiger charge is 2.26. The predicted octanol–water partition coefficient (Wildman–Crippen LogP) is 2.06. The summed E-state index contributed by atoms with van der Waals surface area (Å²) in [5.74, 6) is 1.79. The fourth-order valence-corrected chi connectivity index (χ4v) is 3.18. The first-order valence-electron chi connectivity index (χ1n) is 8.01. The Morgan fingerprint density at radius 1 is 1.19 bits per heavy atom. The van der Waals surface area contributed by atoms with Gasteiger partial charge in [-0.25, -0.2) is 0 Å². The van der Waals surface area contributed by atoms with Crippen LogP contribution in [0.1, 0.15) is 25.7 Å². The van der Waals surface area contributed by atoms with E-state index in [-0.39, 0.29) is 6.10 Å². The zero-order valence-electron chi connectivity index (χ0n) is 12.5. The number of amides is 1. The minimum atomic E-state index is 0.240. The largest absolute Gasteiger partial charge is 0.490 e. The number of para-hydroxylation sites is 1. The van der Waals surface area contributed by atoms with Crippen molar-refractivity contribution in [3.63, 3.8) is 0 Å². The van der Waals surface area contributed by atoms with Crippen LogP contribution in [0.15, 0.2) is 30.3 Å². The van der Waals surface area contributed by atoms with E-state index in [1.54, 1.807) is 0 Å². The second-order valence-electron chi connectivity index (χ2n) is 6.07. The van der Waals surface area contributed by atoms with E-state index in [4.69, 9.17) is 4.74 Å². The van der Waals surface area contributed by atoms with E-state index < -0.39 is 0 Å². The molecule has 4 nitrogen and oxygen atoms in total. The van der Waals surface area contributed by atoms with Crippen LogP contribution in [0, 0.1) is 5.92 Å². The molecule has 3 rings (SSSR count). The van der Waals surface area contributed by atoms with E-state index >= 15 is 0 Å². The third kappa shape index (κ3) is 3.97. The molecule has 114 valence electrons. The Bertz CT molecular complexity index is 449. The third-order valence-electron chi connectivity index (χ3n) is 4.47. The first kappa shape index (κ1) is 14.4. The van der Waals surface area contributed by atoms with Gasteiger partial charge in [0.15, 0.2) is 0 Å². The number of carbonyl (C=O) groups is 1. The van der Waals surface area contributed by atoms with Crippen LogP contribution in [0.25, 0.3) is 0 Å². The van der Waals surface area contributed by atoms with Crippen LogP contribution in [0.3, 0.4) is 0 Å². The summed E-state index contributed by atoms with van der Waals surface area (Å²) in [4.78, 5) is 14.3. The molecular formula is C17H24N2O2. The van der Waals surface area contributed by atoms with E-state index in [1.807, 2.05) is 35.2 Å². The van der Waals surface area contributed by atoms with Gasteiger partial charge in [0.05, 0.1) is 0 Å². The van der Waals surface area contributed by atoms with Gasteiger partial charge in [-0.3, -0.25) is 4.79 Å². The number of hydrogen-bond acceptors (Lipinski definition) is 3. The van der Waals surface area contributed by atoms with Crippen LogP contribution >= 0.6 is 0 Å². The number of benzene rings is 1. The summed E-state index contributed by atoms with van der Waals surface area (Å²) in [6.45, 7) is 3.72. The Kier molecular flexibility index (Phi) is 4.76. The molecule has 0 aliphatic carbocycles. The molecule has 1 aromatic rings. The monoisotopic (exact) mass is 288 g/mol. The lowest BCUT2D eigenvalue weighted by atomic mass is 10.0. The fraction of sp³-hybridized carbons (Fsp3) is 0.588. The van der Waals surface area contributed by atoms with E-state index in [0.717, 1.165) is 51.2 Å². The van der Waals surface area contributed by atoms with Gasteiger partial charge in [-0.2, -0.15) is 0 Å². The predicted molar refractivity (Wildman–Crippen MR) is 82.3 cm³/mol. The summed E-state index contributed by atoms with van der Waals surface area (Å²) < 4.78 is 5.97. The van der Waals surface area contributed by atoms with Gasteiger partial charge in [0.2, 0.25) is 5.91 Å². The molecule has 0 spiro atoms. The Morgan fingerprint density at radius 3 is 2.62 bits per heavy atom. The molecular weight excluding hydrogens is 264 g/mol. The number of nitrogens with zero attached hydrogens (tertiary/aromatic N) is 1. The van der Waals surface area contributed by atoms with E-state index in [0.29, 0.717) is 18.2 Å². The van der Waals surface area contributed by atoms with Crippen LogP contribution < -0.4 is 10.1 Å². The number of ether oxygens (including phenoxy) is 1. The Balaban J connectivity index is 1.43. The molecule has 0 saturated carbocycles. The fourth-order valence-electron chi connectivity index (χ4n) is 3.18. The smallest absolute Gasteiger partial charge is 0.222 e. The average Bonchev–Trinajstić information content (AvgIpc) is 3.02. The molecule has 1 atom stereocenters.